The molecule has 0 aliphatic heterocycles. The maximum Gasteiger partial charge on any atom is 0.409 e. The first kappa shape index (κ1) is 14.5. The van der Waals surface area contributed by atoms with E-state index in [0.717, 1.165) is 15.4 Å². The second-order valence-electron chi connectivity index (χ2n) is 4.71. The van der Waals surface area contributed by atoms with Gasteiger partial charge in [-0.3, -0.25) is 4.68 Å². The number of fused-ring (bicyclic) bond motifs is 1. The average Bonchev–Trinajstić information content (AvgIpc) is 2.84. The van der Waals surface area contributed by atoms with Crippen molar-refractivity contribution in [2.75, 3.05) is 0 Å². The fourth-order valence-electron chi connectivity index (χ4n) is 2.14. The summed E-state index contributed by atoms with van der Waals surface area (Å²) in [5.74, 6) is 0.0456. The van der Waals surface area contributed by atoms with Crippen LogP contribution in [-0.2, 0) is 6.54 Å². The van der Waals surface area contributed by atoms with Gasteiger partial charge in [0, 0.05) is 22.1 Å². The molecule has 3 rings (SSSR count). The van der Waals surface area contributed by atoms with Crippen LogP contribution >= 0.6 is 15.9 Å². The molecule has 2 N–H and O–H groups in total. The van der Waals surface area contributed by atoms with Crippen molar-refractivity contribution in [1.82, 2.24) is 9.78 Å². The second-order valence-corrected chi connectivity index (χ2v) is 5.57. The molecule has 22 heavy (non-hydrogen) atoms. The van der Waals surface area contributed by atoms with E-state index in [1.54, 1.807) is 28.9 Å². The highest BCUT2D eigenvalue weighted by atomic mass is 79.9. The highest BCUT2D eigenvalue weighted by Gasteiger charge is 2.09. The second kappa shape index (κ2) is 5.76. The number of aromatic nitrogens is 2. The summed E-state index contributed by atoms with van der Waals surface area (Å²) in [6, 6.07) is 9.51. The molecule has 7 heteroatoms. The molecule has 0 saturated carbocycles. The first-order valence-corrected chi connectivity index (χ1v) is 7.19. The lowest BCUT2D eigenvalue weighted by Crippen LogP contribution is -2.16. The Kier molecular flexibility index (Phi) is 3.81. The number of benzene rings is 2. The molecular weight excluding hydrogens is 353 g/mol. The van der Waals surface area contributed by atoms with E-state index in [4.69, 9.17) is 10.5 Å². The maximum absolute atomic E-state index is 12.9. The van der Waals surface area contributed by atoms with E-state index in [0.29, 0.717) is 17.8 Å². The summed E-state index contributed by atoms with van der Waals surface area (Å²) in [6.07, 6.45) is 0.980. The van der Waals surface area contributed by atoms with Crippen LogP contribution in [-0.4, -0.2) is 15.9 Å². The number of rotatable bonds is 3. The molecule has 1 amide bonds. The van der Waals surface area contributed by atoms with Gasteiger partial charge in [0.1, 0.15) is 11.6 Å². The Morgan fingerprint density at radius 3 is 2.73 bits per heavy atom. The van der Waals surface area contributed by atoms with Crippen molar-refractivity contribution >= 4 is 32.9 Å². The molecule has 0 fully saturated rings. The van der Waals surface area contributed by atoms with Crippen LogP contribution in [0.3, 0.4) is 0 Å². The quantitative estimate of drug-likeness (QED) is 0.774. The van der Waals surface area contributed by atoms with Crippen LogP contribution in [0.1, 0.15) is 5.56 Å². The van der Waals surface area contributed by atoms with Crippen molar-refractivity contribution in [2.24, 2.45) is 5.73 Å². The van der Waals surface area contributed by atoms with Gasteiger partial charge in [-0.05, 0) is 39.7 Å². The van der Waals surface area contributed by atoms with Crippen LogP contribution in [0.2, 0.25) is 0 Å². The van der Waals surface area contributed by atoms with E-state index in [2.05, 4.69) is 21.0 Å². The van der Waals surface area contributed by atoms with Gasteiger partial charge in [0.2, 0.25) is 0 Å². The first-order chi connectivity index (χ1) is 10.5. The molecule has 0 bridgehead atoms. The average molecular weight is 364 g/mol. The van der Waals surface area contributed by atoms with E-state index in [9.17, 15) is 9.18 Å². The van der Waals surface area contributed by atoms with Crippen LogP contribution in [0.4, 0.5) is 9.18 Å². The van der Waals surface area contributed by atoms with Crippen LogP contribution in [0.15, 0.2) is 47.1 Å². The summed E-state index contributed by atoms with van der Waals surface area (Å²) >= 11 is 3.41. The zero-order chi connectivity index (χ0) is 15.7. The lowest BCUT2D eigenvalue weighted by Gasteiger charge is -2.01. The van der Waals surface area contributed by atoms with Gasteiger partial charge in [0.15, 0.2) is 0 Å². The number of hydrogen-bond donors (Lipinski definition) is 1. The van der Waals surface area contributed by atoms with Crippen LogP contribution < -0.4 is 10.5 Å². The Hall–Kier alpha value is -2.41. The SMILES string of the molecule is NC(=O)Oc1cc(Br)c2cn(Cc3ccc(F)cc3)nc2c1. The van der Waals surface area contributed by atoms with Gasteiger partial charge >= 0.3 is 6.09 Å². The topological polar surface area (TPSA) is 70.1 Å². The van der Waals surface area contributed by atoms with E-state index in [1.807, 2.05) is 6.20 Å². The number of nitrogens with zero attached hydrogens (tertiary/aromatic N) is 2. The highest BCUT2D eigenvalue weighted by Crippen LogP contribution is 2.29. The summed E-state index contributed by atoms with van der Waals surface area (Å²) in [5.41, 5.74) is 6.60. The summed E-state index contributed by atoms with van der Waals surface area (Å²) in [7, 11) is 0. The minimum atomic E-state index is -0.878. The number of carbonyl (C=O) groups is 1. The molecule has 2 aromatic carbocycles. The van der Waals surface area contributed by atoms with Crippen LogP contribution in [0.25, 0.3) is 10.9 Å². The monoisotopic (exact) mass is 363 g/mol. The maximum atomic E-state index is 12.9. The number of hydrogen-bond acceptors (Lipinski definition) is 3. The van der Waals surface area contributed by atoms with Crippen LogP contribution in [0, 0.1) is 5.82 Å². The number of nitrogens with two attached hydrogens (primary N) is 1. The lowest BCUT2D eigenvalue weighted by molar-refractivity contribution is 0.211. The molecule has 0 radical (unpaired) electrons. The zero-order valence-corrected chi connectivity index (χ0v) is 12.9. The first-order valence-electron chi connectivity index (χ1n) is 6.40. The normalized spacial score (nSPS) is 10.8. The molecule has 0 unspecified atom stereocenters. The Labute approximate surface area is 133 Å². The van der Waals surface area contributed by atoms with Crippen molar-refractivity contribution in [3.63, 3.8) is 0 Å². The smallest absolute Gasteiger partial charge is 0.409 e. The number of ether oxygens (including phenoxy) is 1. The van der Waals surface area contributed by atoms with E-state index in [-0.39, 0.29) is 5.82 Å². The third-order valence-corrected chi connectivity index (χ3v) is 3.73. The van der Waals surface area contributed by atoms with E-state index < -0.39 is 6.09 Å². The molecule has 1 aromatic heterocycles. The molecule has 0 spiro atoms. The molecular formula is C15H11BrFN3O2. The predicted octanol–water partition coefficient (Wildman–Crippen LogP) is 3.44. The Balaban J connectivity index is 1.93. The van der Waals surface area contributed by atoms with E-state index >= 15 is 0 Å². The third-order valence-electron chi connectivity index (χ3n) is 3.07. The number of carbonyl (C=O) groups excluding carboxylic acids is 1. The summed E-state index contributed by atoms with van der Waals surface area (Å²) in [5, 5.41) is 5.29. The Morgan fingerprint density at radius 2 is 2.05 bits per heavy atom. The van der Waals surface area contributed by atoms with E-state index in [1.165, 1.54) is 12.1 Å². The van der Waals surface area contributed by atoms with Gasteiger partial charge in [-0.15, -0.1) is 0 Å². The van der Waals surface area contributed by atoms with Crippen LogP contribution in [0.5, 0.6) is 5.75 Å². The number of halogens is 2. The largest absolute Gasteiger partial charge is 0.410 e. The summed E-state index contributed by atoms with van der Waals surface area (Å²) in [4.78, 5) is 10.8. The molecule has 0 aliphatic carbocycles. The molecule has 0 atom stereocenters. The Morgan fingerprint density at radius 1 is 1.32 bits per heavy atom. The molecule has 5 nitrogen and oxygen atoms in total. The zero-order valence-electron chi connectivity index (χ0n) is 11.3. The van der Waals surface area contributed by atoms with Crippen molar-refractivity contribution in [2.45, 2.75) is 6.54 Å². The molecule has 1 heterocycles. The molecule has 112 valence electrons. The number of primary amides is 1. The van der Waals surface area contributed by atoms with Crippen molar-refractivity contribution in [1.29, 1.82) is 0 Å². The van der Waals surface area contributed by atoms with Gasteiger partial charge in [-0.2, -0.15) is 5.10 Å². The van der Waals surface area contributed by atoms with Gasteiger partial charge in [-0.25, -0.2) is 9.18 Å². The van der Waals surface area contributed by atoms with Gasteiger partial charge < -0.3 is 10.5 Å². The molecule has 0 saturated heterocycles. The summed E-state index contributed by atoms with van der Waals surface area (Å²) < 4.78 is 20.3. The van der Waals surface area contributed by atoms with Gasteiger partial charge in [0.25, 0.3) is 0 Å². The predicted molar refractivity (Wildman–Crippen MR) is 83.1 cm³/mol. The van der Waals surface area contributed by atoms with Gasteiger partial charge in [0.05, 0.1) is 12.1 Å². The summed E-state index contributed by atoms with van der Waals surface area (Å²) in [6.45, 7) is 0.507. The number of amides is 1. The highest BCUT2D eigenvalue weighted by molar-refractivity contribution is 9.10. The minimum Gasteiger partial charge on any atom is -0.410 e. The third kappa shape index (κ3) is 3.09. The lowest BCUT2D eigenvalue weighted by atomic mass is 10.2. The Bertz CT molecular complexity index is 846. The van der Waals surface area contributed by atoms with Crippen molar-refractivity contribution < 1.29 is 13.9 Å². The fourth-order valence-corrected chi connectivity index (χ4v) is 2.67. The minimum absolute atomic E-state index is 0.273. The molecule has 0 aliphatic rings. The van der Waals surface area contributed by atoms with Gasteiger partial charge in [-0.1, -0.05) is 12.1 Å². The van der Waals surface area contributed by atoms with Crippen molar-refractivity contribution in [3.8, 4) is 5.75 Å². The molecule has 3 aromatic rings. The standard InChI is InChI=1S/C15H11BrFN3O2/c16-13-5-11(22-15(18)21)6-14-12(13)8-20(19-14)7-9-1-3-10(17)4-2-9/h1-6,8H,7H2,(H2,18,21). The van der Waals surface area contributed by atoms with Crippen molar-refractivity contribution in [3.05, 3.63) is 58.4 Å². The fraction of sp³-hybridized carbons (Fsp3) is 0.0667.